The molecule has 0 aliphatic heterocycles. The third kappa shape index (κ3) is 4.52. The van der Waals surface area contributed by atoms with Crippen molar-refractivity contribution in [2.75, 3.05) is 20.1 Å². The molecule has 1 N–H and O–H groups in total. The van der Waals surface area contributed by atoms with Gasteiger partial charge in [-0.1, -0.05) is 13.8 Å². The van der Waals surface area contributed by atoms with Crippen molar-refractivity contribution in [3.63, 3.8) is 0 Å². The van der Waals surface area contributed by atoms with Crippen LogP contribution in [-0.2, 0) is 6.54 Å². The van der Waals surface area contributed by atoms with Crippen molar-refractivity contribution in [2.24, 2.45) is 0 Å². The van der Waals surface area contributed by atoms with Crippen LogP contribution in [0.15, 0.2) is 16.7 Å². The van der Waals surface area contributed by atoms with E-state index in [0.29, 0.717) is 6.04 Å². The highest BCUT2D eigenvalue weighted by Crippen LogP contribution is 2.13. The van der Waals surface area contributed by atoms with E-state index in [1.165, 1.54) is 18.4 Å². The van der Waals surface area contributed by atoms with Gasteiger partial charge in [-0.05, 0) is 39.4 Å². The van der Waals surface area contributed by atoms with Gasteiger partial charge in [-0.25, -0.2) is 0 Å². The smallest absolute Gasteiger partial charge is 0.105 e. The number of nitrogens with one attached hydrogen (secondary N) is 1. The number of hydrogen-bond donors (Lipinski definition) is 1. The van der Waals surface area contributed by atoms with Crippen LogP contribution in [0.4, 0.5) is 0 Å². The van der Waals surface area contributed by atoms with Crippen LogP contribution in [-0.4, -0.2) is 31.1 Å². The van der Waals surface area contributed by atoms with Gasteiger partial charge in [0.2, 0.25) is 0 Å². The van der Waals surface area contributed by atoms with E-state index in [1.54, 1.807) is 6.26 Å². The van der Waals surface area contributed by atoms with Gasteiger partial charge in [-0.2, -0.15) is 0 Å². The molecule has 3 nitrogen and oxygen atoms in total. The summed E-state index contributed by atoms with van der Waals surface area (Å²) in [7, 11) is 2.19. The molecule has 0 saturated heterocycles. The Kier molecular flexibility index (Phi) is 6.30. The number of likely N-dealkylation sites (N-methyl/N-ethyl adjacent to an activating group) is 1. The van der Waals surface area contributed by atoms with E-state index in [0.717, 1.165) is 25.4 Å². The molecule has 17 heavy (non-hydrogen) atoms. The molecule has 1 rings (SSSR count). The molecule has 0 aliphatic carbocycles. The van der Waals surface area contributed by atoms with Crippen molar-refractivity contribution >= 4 is 0 Å². The Labute approximate surface area is 105 Å². The lowest BCUT2D eigenvalue weighted by Gasteiger charge is -2.27. The highest BCUT2D eigenvalue weighted by atomic mass is 16.3. The van der Waals surface area contributed by atoms with Crippen LogP contribution in [0.1, 0.15) is 38.0 Å². The molecule has 1 heterocycles. The zero-order chi connectivity index (χ0) is 12.7. The average Bonchev–Trinajstić information content (AvgIpc) is 2.70. The van der Waals surface area contributed by atoms with Crippen LogP contribution >= 0.6 is 0 Å². The fourth-order valence-corrected chi connectivity index (χ4v) is 2.03. The summed E-state index contributed by atoms with van der Waals surface area (Å²) in [6.45, 7) is 9.62. The highest BCUT2D eigenvalue weighted by Gasteiger charge is 2.14. The van der Waals surface area contributed by atoms with Crippen molar-refractivity contribution in [1.82, 2.24) is 10.2 Å². The fourth-order valence-electron chi connectivity index (χ4n) is 2.03. The summed E-state index contributed by atoms with van der Waals surface area (Å²) in [5.41, 5.74) is 1.29. The maximum Gasteiger partial charge on any atom is 0.105 e. The molecule has 0 bridgehead atoms. The van der Waals surface area contributed by atoms with E-state index in [4.69, 9.17) is 4.42 Å². The molecule has 0 amide bonds. The summed E-state index contributed by atoms with van der Waals surface area (Å²) < 4.78 is 5.34. The Hall–Kier alpha value is -0.800. The summed E-state index contributed by atoms with van der Waals surface area (Å²) in [4.78, 5) is 2.40. The van der Waals surface area contributed by atoms with Crippen LogP contribution in [0.2, 0.25) is 0 Å². The number of hydrogen-bond acceptors (Lipinski definition) is 3. The summed E-state index contributed by atoms with van der Waals surface area (Å²) in [5, 5.41) is 3.50. The monoisotopic (exact) mass is 238 g/mol. The largest absolute Gasteiger partial charge is 0.469 e. The predicted molar refractivity (Wildman–Crippen MR) is 72.2 cm³/mol. The molecular formula is C14H26N2O. The van der Waals surface area contributed by atoms with Gasteiger partial charge in [0.25, 0.3) is 0 Å². The summed E-state index contributed by atoms with van der Waals surface area (Å²) >= 11 is 0. The topological polar surface area (TPSA) is 28.4 Å². The standard InChI is InChI=1S/C14H26N2O/c1-5-8-15-10-14(6-2)16(4)11-13-7-9-17-12(13)3/h7,9,14-15H,5-6,8,10-11H2,1-4H3. The van der Waals surface area contributed by atoms with Crippen molar-refractivity contribution in [3.8, 4) is 0 Å². The van der Waals surface area contributed by atoms with Crippen molar-refractivity contribution in [2.45, 2.75) is 46.2 Å². The van der Waals surface area contributed by atoms with Crippen molar-refractivity contribution < 1.29 is 4.42 Å². The number of rotatable bonds is 8. The van der Waals surface area contributed by atoms with Gasteiger partial charge >= 0.3 is 0 Å². The third-order valence-corrected chi connectivity index (χ3v) is 3.29. The first kappa shape index (κ1) is 14.3. The number of nitrogens with zero attached hydrogens (tertiary/aromatic N) is 1. The van der Waals surface area contributed by atoms with Crippen LogP contribution in [0.25, 0.3) is 0 Å². The molecular weight excluding hydrogens is 212 g/mol. The van der Waals surface area contributed by atoms with E-state index in [2.05, 4.69) is 37.2 Å². The molecule has 1 unspecified atom stereocenters. The first-order valence-corrected chi connectivity index (χ1v) is 6.62. The van der Waals surface area contributed by atoms with Gasteiger partial charge in [0.05, 0.1) is 6.26 Å². The molecule has 0 aliphatic rings. The molecule has 1 aromatic heterocycles. The minimum Gasteiger partial charge on any atom is -0.469 e. The van der Waals surface area contributed by atoms with Crippen molar-refractivity contribution in [1.29, 1.82) is 0 Å². The van der Waals surface area contributed by atoms with Gasteiger partial charge in [0, 0.05) is 24.7 Å². The van der Waals surface area contributed by atoms with Crippen molar-refractivity contribution in [3.05, 3.63) is 23.7 Å². The second-order valence-corrected chi connectivity index (χ2v) is 4.68. The SMILES string of the molecule is CCCNCC(CC)N(C)Cc1ccoc1C. The lowest BCUT2D eigenvalue weighted by Crippen LogP contribution is -2.39. The van der Waals surface area contributed by atoms with Crippen LogP contribution in [0.3, 0.4) is 0 Å². The fraction of sp³-hybridized carbons (Fsp3) is 0.714. The van der Waals surface area contributed by atoms with E-state index in [1.807, 2.05) is 6.92 Å². The van der Waals surface area contributed by atoms with Gasteiger partial charge in [0.15, 0.2) is 0 Å². The predicted octanol–water partition coefficient (Wildman–Crippen LogP) is 2.80. The molecule has 0 saturated carbocycles. The van der Waals surface area contributed by atoms with Gasteiger partial charge in [0.1, 0.15) is 5.76 Å². The molecule has 1 aromatic rings. The molecule has 0 aromatic carbocycles. The van der Waals surface area contributed by atoms with E-state index < -0.39 is 0 Å². The van der Waals surface area contributed by atoms with Crippen LogP contribution in [0, 0.1) is 6.92 Å². The Morgan fingerprint density at radius 2 is 2.18 bits per heavy atom. The number of furan rings is 1. The molecule has 0 spiro atoms. The Balaban J connectivity index is 2.43. The van der Waals surface area contributed by atoms with Gasteiger partial charge < -0.3 is 9.73 Å². The lowest BCUT2D eigenvalue weighted by atomic mass is 10.1. The number of aryl methyl sites for hydroxylation is 1. The first-order chi connectivity index (χ1) is 8.19. The average molecular weight is 238 g/mol. The van der Waals surface area contributed by atoms with E-state index in [9.17, 15) is 0 Å². The molecule has 1 atom stereocenters. The van der Waals surface area contributed by atoms with E-state index >= 15 is 0 Å². The summed E-state index contributed by atoms with van der Waals surface area (Å²) in [6.07, 6.45) is 4.14. The maximum absolute atomic E-state index is 5.34. The Morgan fingerprint density at radius 3 is 2.71 bits per heavy atom. The minimum absolute atomic E-state index is 0.593. The van der Waals surface area contributed by atoms with E-state index in [-0.39, 0.29) is 0 Å². The second kappa shape index (κ2) is 7.51. The van der Waals surface area contributed by atoms with Gasteiger partial charge in [-0.3, -0.25) is 4.90 Å². The Morgan fingerprint density at radius 1 is 1.41 bits per heavy atom. The lowest BCUT2D eigenvalue weighted by molar-refractivity contribution is 0.220. The Bertz CT molecular complexity index is 309. The maximum atomic E-state index is 5.34. The summed E-state index contributed by atoms with van der Waals surface area (Å²) in [5.74, 6) is 1.04. The minimum atomic E-state index is 0.593. The molecule has 3 heteroatoms. The quantitative estimate of drug-likeness (QED) is 0.706. The normalized spacial score (nSPS) is 13.2. The summed E-state index contributed by atoms with van der Waals surface area (Å²) in [6, 6.07) is 2.66. The first-order valence-electron chi connectivity index (χ1n) is 6.62. The zero-order valence-electron chi connectivity index (χ0n) is 11.6. The molecule has 98 valence electrons. The molecule has 0 radical (unpaired) electrons. The zero-order valence-corrected chi connectivity index (χ0v) is 11.6. The second-order valence-electron chi connectivity index (χ2n) is 4.68. The van der Waals surface area contributed by atoms with Crippen LogP contribution < -0.4 is 5.32 Å². The highest BCUT2D eigenvalue weighted by molar-refractivity contribution is 5.15. The third-order valence-electron chi connectivity index (χ3n) is 3.29. The van der Waals surface area contributed by atoms with Gasteiger partial charge in [-0.15, -0.1) is 0 Å². The molecule has 0 fully saturated rings. The van der Waals surface area contributed by atoms with Crippen LogP contribution in [0.5, 0.6) is 0 Å².